The zero-order valence-corrected chi connectivity index (χ0v) is 10.8. The van der Waals surface area contributed by atoms with E-state index in [1.54, 1.807) is 9.80 Å². The number of nitrogens with zero attached hydrogens (tertiary/aromatic N) is 2. The third kappa shape index (κ3) is 3.36. The number of nitrogens with one attached hydrogen (secondary N) is 1. The fraction of sp³-hybridized carbons (Fsp3) is 0.750. The van der Waals surface area contributed by atoms with Gasteiger partial charge in [-0.25, -0.2) is 4.79 Å². The van der Waals surface area contributed by atoms with Gasteiger partial charge in [-0.15, -0.1) is 0 Å². The number of likely N-dealkylation sites (tertiary alicyclic amines) is 1. The maximum Gasteiger partial charge on any atom is 0.320 e. The highest BCUT2D eigenvalue weighted by Crippen LogP contribution is 2.18. The molecule has 2 saturated heterocycles. The Balaban J connectivity index is 1.94. The monoisotopic (exact) mass is 269 g/mol. The van der Waals surface area contributed by atoms with Gasteiger partial charge in [-0.1, -0.05) is 0 Å². The lowest BCUT2D eigenvalue weighted by Crippen LogP contribution is -2.49. The molecule has 0 saturated carbocycles. The van der Waals surface area contributed by atoms with Gasteiger partial charge in [0.1, 0.15) is 0 Å². The smallest absolute Gasteiger partial charge is 0.320 e. The van der Waals surface area contributed by atoms with Crippen LogP contribution < -0.4 is 5.32 Å². The van der Waals surface area contributed by atoms with Gasteiger partial charge >= 0.3 is 12.0 Å². The molecule has 1 atom stereocenters. The second-order valence-corrected chi connectivity index (χ2v) is 4.99. The van der Waals surface area contributed by atoms with Crippen LogP contribution in [0.5, 0.6) is 0 Å². The van der Waals surface area contributed by atoms with Crippen molar-refractivity contribution in [2.45, 2.75) is 19.3 Å². The van der Waals surface area contributed by atoms with E-state index in [-0.39, 0.29) is 18.5 Å². The molecule has 0 bridgehead atoms. The van der Waals surface area contributed by atoms with E-state index in [1.165, 1.54) is 0 Å². The molecule has 0 aromatic heterocycles. The molecule has 0 radical (unpaired) electrons. The number of carboxylic acid groups (broad SMARTS) is 1. The topological polar surface area (TPSA) is 90.0 Å². The van der Waals surface area contributed by atoms with Crippen LogP contribution in [0.3, 0.4) is 0 Å². The molecule has 2 aliphatic rings. The van der Waals surface area contributed by atoms with E-state index < -0.39 is 11.9 Å². The first-order valence-corrected chi connectivity index (χ1v) is 6.61. The lowest BCUT2D eigenvalue weighted by atomic mass is 9.99. The highest BCUT2D eigenvalue weighted by molar-refractivity contribution is 5.80. The number of carbonyl (C=O) groups excluding carboxylic acids is 2. The molecule has 3 amide bonds. The van der Waals surface area contributed by atoms with Gasteiger partial charge in [-0.2, -0.15) is 0 Å². The Hall–Kier alpha value is -1.79. The second kappa shape index (κ2) is 5.90. The van der Waals surface area contributed by atoms with Crippen molar-refractivity contribution in [2.75, 3.05) is 32.7 Å². The van der Waals surface area contributed by atoms with Crippen LogP contribution in [0.2, 0.25) is 0 Å². The summed E-state index contributed by atoms with van der Waals surface area (Å²) in [5.41, 5.74) is 0. The SMILES string of the molecule is O=C1CCN(C(=O)N2CCC[C@@H](C(=O)O)C2)CCN1. The molecule has 19 heavy (non-hydrogen) atoms. The third-order valence-corrected chi connectivity index (χ3v) is 3.62. The van der Waals surface area contributed by atoms with E-state index in [9.17, 15) is 14.4 Å². The Morgan fingerprint density at radius 1 is 1.21 bits per heavy atom. The molecule has 0 spiro atoms. The minimum atomic E-state index is -0.842. The Bertz CT molecular complexity index is 385. The van der Waals surface area contributed by atoms with Crippen LogP contribution in [0.25, 0.3) is 0 Å². The summed E-state index contributed by atoms with van der Waals surface area (Å²) >= 11 is 0. The summed E-state index contributed by atoms with van der Waals surface area (Å²) in [4.78, 5) is 37.7. The molecule has 7 nitrogen and oxygen atoms in total. The molecular weight excluding hydrogens is 250 g/mol. The molecule has 0 aromatic rings. The first-order chi connectivity index (χ1) is 9.08. The van der Waals surface area contributed by atoms with Crippen LogP contribution in [0.4, 0.5) is 4.79 Å². The number of amides is 3. The largest absolute Gasteiger partial charge is 0.481 e. The number of carbonyl (C=O) groups is 3. The molecule has 2 fully saturated rings. The predicted molar refractivity (Wildman–Crippen MR) is 66.5 cm³/mol. The Labute approximate surface area is 111 Å². The van der Waals surface area contributed by atoms with Crippen molar-refractivity contribution < 1.29 is 19.5 Å². The summed E-state index contributed by atoms with van der Waals surface area (Å²) in [5.74, 6) is -1.35. The molecular formula is C12H19N3O4. The maximum absolute atomic E-state index is 12.3. The van der Waals surface area contributed by atoms with Gasteiger partial charge < -0.3 is 20.2 Å². The number of hydrogen-bond donors (Lipinski definition) is 2. The van der Waals surface area contributed by atoms with Crippen molar-refractivity contribution in [3.63, 3.8) is 0 Å². The summed E-state index contributed by atoms with van der Waals surface area (Å²) in [5, 5.41) is 11.7. The molecule has 7 heteroatoms. The van der Waals surface area contributed by atoms with Crippen molar-refractivity contribution in [3.8, 4) is 0 Å². The van der Waals surface area contributed by atoms with E-state index in [0.29, 0.717) is 45.4 Å². The molecule has 106 valence electrons. The standard InChI is InChI=1S/C12H19N3O4/c16-10-3-6-14(7-4-13-10)12(19)15-5-1-2-9(8-15)11(17)18/h9H,1-8H2,(H,13,16)(H,17,18)/t9-/m1/s1. The minimum absolute atomic E-state index is 0.0441. The van der Waals surface area contributed by atoms with Crippen molar-refractivity contribution in [1.29, 1.82) is 0 Å². The van der Waals surface area contributed by atoms with Crippen molar-refractivity contribution >= 4 is 17.9 Å². The van der Waals surface area contributed by atoms with Gasteiger partial charge in [0.25, 0.3) is 0 Å². The lowest BCUT2D eigenvalue weighted by Gasteiger charge is -2.34. The number of rotatable bonds is 1. The molecule has 0 unspecified atom stereocenters. The van der Waals surface area contributed by atoms with Crippen LogP contribution in [-0.4, -0.2) is 65.5 Å². The van der Waals surface area contributed by atoms with E-state index in [1.807, 2.05) is 0 Å². The summed E-state index contributed by atoms with van der Waals surface area (Å²) < 4.78 is 0. The van der Waals surface area contributed by atoms with Crippen LogP contribution >= 0.6 is 0 Å². The molecule has 0 aromatic carbocycles. The number of urea groups is 1. The molecule has 2 aliphatic heterocycles. The fourth-order valence-electron chi connectivity index (χ4n) is 2.51. The second-order valence-electron chi connectivity index (χ2n) is 4.99. The summed E-state index contributed by atoms with van der Waals surface area (Å²) in [6.45, 7) is 2.21. The van der Waals surface area contributed by atoms with Crippen molar-refractivity contribution in [1.82, 2.24) is 15.1 Å². The van der Waals surface area contributed by atoms with Crippen LogP contribution in [-0.2, 0) is 9.59 Å². The Kier molecular flexibility index (Phi) is 4.24. The molecule has 2 N–H and O–H groups in total. The van der Waals surface area contributed by atoms with Gasteiger partial charge in [0.2, 0.25) is 5.91 Å². The third-order valence-electron chi connectivity index (χ3n) is 3.62. The quantitative estimate of drug-likeness (QED) is 0.685. The van der Waals surface area contributed by atoms with Gasteiger partial charge in [0.05, 0.1) is 5.92 Å². The van der Waals surface area contributed by atoms with E-state index in [0.717, 1.165) is 0 Å². The first kappa shape index (κ1) is 13.6. The summed E-state index contributed by atoms with van der Waals surface area (Å²) in [6, 6.07) is -0.151. The number of aliphatic carboxylic acids is 1. The van der Waals surface area contributed by atoms with Gasteiger partial charge in [-0.05, 0) is 12.8 Å². The minimum Gasteiger partial charge on any atom is -0.481 e. The fourth-order valence-corrected chi connectivity index (χ4v) is 2.51. The van der Waals surface area contributed by atoms with Gasteiger partial charge in [0.15, 0.2) is 0 Å². The Morgan fingerprint density at radius 2 is 2.00 bits per heavy atom. The number of carboxylic acids is 1. The first-order valence-electron chi connectivity index (χ1n) is 6.61. The van der Waals surface area contributed by atoms with E-state index in [2.05, 4.69) is 5.32 Å². The zero-order chi connectivity index (χ0) is 13.8. The highest BCUT2D eigenvalue weighted by atomic mass is 16.4. The van der Waals surface area contributed by atoms with Crippen LogP contribution in [0, 0.1) is 5.92 Å². The predicted octanol–water partition coefficient (Wildman–Crippen LogP) is -0.275. The van der Waals surface area contributed by atoms with Gasteiger partial charge in [-0.3, -0.25) is 9.59 Å². The van der Waals surface area contributed by atoms with E-state index >= 15 is 0 Å². The highest BCUT2D eigenvalue weighted by Gasteiger charge is 2.31. The van der Waals surface area contributed by atoms with Gasteiger partial charge in [0, 0.05) is 39.1 Å². The summed E-state index contributed by atoms with van der Waals surface area (Å²) in [7, 11) is 0. The molecule has 0 aliphatic carbocycles. The average molecular weight is 269 g/mol. The van der Waals surface area contributed by atoms with Crippen LogP contribution in [0.15, 0.2) is 0 Å². The molecule has 2 rings (SSSR count). The van der Waals surface area contributed by atoms with E-state index in [4.69, 9.17) is 5.11 Å². The summed E-state index contributed by atoms with van der Waals surface area (Å²) in [6.07, 6.45) is 1.65. The molecule has 2 heterocycles. The number of hydrogen-bond acceptors (Lipinski definition) is 3. The van der Waals surface area contributed by atoms with Crippen molar-refractivity contribution in [2.24, 2.45) is 5.92 Å². The van der Waals surface area contributed by atoms with Crippen molar-refractivity contribution in [3.05, 3.63) is 0 Å². The zero-order valence-electron chi connectivity index (χ0n) is 10.8. The Morgan fingerprint density at radius 3 is 2.74 bits per heavy atom. The average Bonchev–Trinajstić information content (AvgIpc) is 2.63. The normalized spacial score (nSPS) is 24.6. The number of piperidine rings is 1. The van der Waals surface area contributed by atoms with Crippen LogP contribution in [0.1, 0.15) is 19.3 Å². The lowest BCUT2D eigenvalue weighted by molar-refractivity contribution is -0.143. The maximum atomic E-state index is 12.3.